The number of aromatic hydroxyl groups is 1. The maximum atomic E-state index is 10.6. The van der Waals surface area contributed by atoms with Gasteiger partial charge < -0.3 is 9.67 Å². The molecule has 0 saturated carbocycles. The van der Waals surface area contributed by atoms with Gasteiger partial charge in [-0.05, 0) is 36.0 Å². The maximum Gasteiger partial charge on any atom is 2.00 e. The minimum Gasteiger partial charge on any atom is -0.511 e. The number of nitrogens with zero attached hydrogens (tertiary/aromatic N) is 4. The van der Waals surface area contributed by atoms with Crippen LogP contribution in [-0.2, 0) is 26.5 Å². The molecule has 2 heterocycles. The van der Waals surface area contributed by atoms with Crippen LogP contribution >= 0.6 is 0 Å². The Labute approximate surface area is 259 Å². The van der Waals surface area contributed by atoms with E-state index in [2.05, 4.69) is 92.3 Å². The van der Waals surface area contributed by atoms with Crippen molar-refractivity contribution in [2.45, 2.75) is 26.2 Å². The molecular weight excluding hydrogens is 700 g/mol. The SMILES string of the molecule is CC(C)(C)c1nc2c(-c3[c-]c(-n4[c-][n+](-c5ccccc5O)c5ccccc54)ccc3)cccc2n1-c1ccccc1.[Pt+2]. The Morgan fingerprint density at radius 2 is 1.43 bits per heavy atom. The summed E-state index contributed by atoms with van der Waals surface area (Å²) < 4.78 is 6.16. The fourth-order valence-corrected chi connectivity index (χ4v) is 5.47. The molecule has 0 bridgehead atoms. The van der Waals surface area contributed by atoms with E-state index in [0.29, 0.717) is 5.69 Å². The molecule has 5 aromatic carbocycles. The number of rotatable bonds is 4. The second-order valence-corrected chi connectivity index (χ2v) is 11.2. The standard InChI is InChI=1S/C36H29N4O.Pt/c1-36(2,3)35-37-34-28(17-12-21-32(34)40(35)26-14-5-4-6-15-26)25-13-11-16-27(23-25)38-24-39(30-19-8-7-18-29(30)38)31-20-9-10-22-33(31)41;/h4-22,41H,1-3H3;/q-1;+2. The molecule has 0 aliphatic carbocycles. The number of aromatic nitrogens is 4. The monoisotopic (exact) mass is 728 g/mol. The van der Waals surface area contributed by atoms with Crippen LogP contribution < -0.4 is 4.57 Å². The molecule has 0 unspecified atom stereocenters. The summed E-state index contributed by atoms with van der Waals surface area (Å²) in [6, 6.07) is 42.0. The number of benzene rings is 5. The van der Waals surface area contributed by atoms with Gasteiger partial charge in [-0.2, -0.15) is 0 Å². The minimum absolute atomic E-state index is 0. The molecule has 0 aliphatic heterocycles. The summed E-state index contributed by atoms with van der Waals surface area (Å²) in [7, 11) is 0. The van der Waals surface area contributed by atoms with Crippen LogP contribution in [0.15, 0.2) is 115 Å². The first-order chi connectivity index (χ1) is 19.9. The first-order valence-electron chi connectivity index (χ1n) is 13.7. The van der Waals surface area contributed by atoms with E-state index < -0.39 is 0 Å². The number of hydrogen-bond acceptors (Lipinski definition) is 2. The molecule has 6 heteroatoms. The summed E-state index contributed by atoms with van der Waals surface area (Å²) in [5, 5.41) is 10.6. The zero-order valence-corrected chi connectivity index (χ0v) is 25.8. The molecule has 0 atom stereocenters. The van der Waals surface area contributed by atoms with E-state index in [1.165, 1.54) is 0 Å². The number of phenolic OH excluding ortho intramolecular Hbond substituents is 1. The summed E-state index contributed by atoms with van der Waals surface area (Å²) in [5.41, 5.74) is 8.34. The van der Waals surface area contributed by atoms with E-state index in [9.17, 15) is 5.11 Å². The van der Waals surface area contributed by atoms with Crippen molar-refractivity contribution in [2.75, 3.05) is 0 Å². The Balaban J connectivity index is 0.00000316. The molecule has 0 radical (unpaired) electrons. The van der Waals surface area contributed by atoms with Gasteiger partial charge in [0.1, 0.15) is 17.3 Å². The quantitative estimate of drug-likeness (QED) is 0.151. The molecule has 7 aromatic rings. The molecule has 2 aromatic heterocycles. The van der Waals surface area contributed by atoms with Crippen LogP contribution in [0.1, 0.15) is 26.6 Å². The van der Waals surface area contributed by atoms with Crippen molar-refractivity contribution in [1.82, 2.24) is 14.1 Å². The van der Waals surface area contributed by atoms with Crippen molar-refractivity contribution < 1.29 is 30.7 Å². The van der Waals surface area contributed by atoms with Gasteiger partial charge >= 0.3 is 21.1 Å². The molecule has 208 valence electrons. The third kappa shape index (κ3) is 4.64. The van der Waals surface area contributed by atoms with E-state index in [-0.39, 0.29) is 32.2 Å². The second-order valence-electron chi connectivity index (χ2n) is 11.2. The van der Waals surface area contributed by atoms with Crippen molar-refractivity contribution in [3.05, 3.63) is 133 Å². The van der Waals surface area contributed by atoms with Crippen LogP contribution in [0.4, 0.5) is 0 Å². The number of imidazole rings is 2. The average molecular weight is 729 g/mol. The van der Waals surface area contributed by atoms with Crippen LogP contribution in [0.25, 0.3) is 50.3 Å². The van der Waals surface area contributed by atoms with E-state index in [1.54, 1.807) is 6.07 Å². The van der Waals surface area contributed by atoms with E-state index in [0.717, 1.165) is 50.4 Å². The van der Waals surface area contributed by atoms with Crippen molar-refractivity contribution in [2.24, 2.45) is 0 Å². The Kier molecular flexibility index (Phi) is 7.08. The van der Waals surface area contributed by atoms with Crippen LogP contribution in [0.2, 0.25) is 0 Å². The Hall–Kier alpha value is -4.47. The van der Waals surface area contributed by atoms with Crippen molar-refractivity contribution in [3.8, 4) is 33.9 Å². The Morgan fingerprint density at radius 3 is 2.21 bits per heavy atom. The number of para-hydroxylation sites is 6. The van der Waals surface area contributed by atoms with Gasteiger partial charge in [0.15, 0.2) is 0 Å². The molecule has 0 amide bonds. The van der Waals surface area contributed by atoms with Gasteiger partial charge in [0, 0.05) is 11.1 Å². The smallest absolute Gasteiger partial charge is 0.511 e. The van der Waals surface area contributed by atoms with Gasteiger partial charge in [-0.25, -0.2) is 4.98 Å². The topological polar surface area (TPSA) is 46.9 Å². The van der Waals surface area contributed by atoms with Gasteiger partial charge in [0.2, 0.25) is 0 Å². The van der Waals surface area contributed by atoms with Crippen LogP contribution in [0.5, 0.6) is 5.75 Å². The van der Waals surface area contributed by atoms with Gasteiger partial charge in [-0.1, -0.05) is 93.1 Å². The predicted molar refractivity (Wildman–Crippen MR) is 163 cm³/mol. The maximum absolute atomic E-state index is 10.6. The third-order valence-electron chi connectivity index (χ3n) is 7.37. The summed E-state index contributed by atoms with van der Waals surface area (Å²) in [6.45, 7) is 6.60. The zero-order valence-electron chi connectivity index (χ0n) is 23.5. The van der Waals surface area contributed by atoms with Crippen molar-refractivity contribution in [3.63, 3.8) is 0 Å². The van der Waals surface area contributed by atoms with Gasteiger partial charge in [0.05, 0.1) is 22.1 Å². The van der Waals surface area contributed by atoms with Crippen LogP contribution in [0, 0.1) is 12.4 Å². The summed E-state index contributed by atoms with van der Waals surface area (Å²) in [4.78, 5) is 5.24. The Morgan fingerprint density at radius 1 is 0.738 bits per heavy atom. The molecule has 5 nitrogen and oxygen atoms in total. The molecule has 1 N–H and O–H groups in total. The van der Waals surface area contributed by atoms with Crippen LogP contribution in [-0.4, -0.2) is 19.2 Å². The molecule has 7 rings (SSSR count). The minimum atomic E-state index is -0.159. The molecule has 0 saturated heterocycles. The second kappa shape index (κ2) is 10.7. The van der Waals surface area contributed by atoms with Crippen LogP contribution in [0.3, 0.4) is 0 Å². The number of hydrogen-bond donors (Lipinski definition) is 1. The molecule has 0 aliphatic rings. The fourth-order valence-electron chi connectivity index (χ4n) is 5.47. The molecular formula is C36H29N4OPt+. The normalized spacial score (nSPS) is 11.6. The summed E-state index contributed by atoms with van der Waals surface area (Å²) in [6.07, 6.45) is 3.46. The van der Waals surface area contributed by atoms with E-state index >= 15 is 0 Å². The van der Waals surface area contributed by atoms with Crippen molar-refractivity contribution >= 4 is 22.1 Å². The average Bonchev–Trinajstić information content (AvgIpc) is 3.58. The number of phenols is 1. The first kappa shape index (κ1) is 27.7. The van der Waals surface area contributed by atoms with Gasteiger partial charge in [0.25, 0.3) is 6.33 Å². The molecule has 42 heavy (non-hydrogen) atoms. The van der Waals surface area contributed by atoms with Gasteiger partial charge in [-0.15, -0.1) is 29.8 Å². The first-order valence-corrected chi connectivity index (χ1v) is 13.7. The largest absolute Gasteiger partial charge is 2.00 e. The van der Waals surface area contributed by atoms with E-state index in [1.807, 2.05) is 63.7 Å². The fraction of sp³-hybridized carbons (Fsp3) is 0.111. The molecule has 0 fully saturated rings. The predicted octanol–water partition coefficient (Wildman–Crippen LogP) is 7.51. The summed E-state index contributed by atoms with van der Waals surface area (Å²) in [5.74, 6) is 1.21. The Bertz CT molecular complexity index is 2050. The van der Waals surface area contributed by atoms with Gasteiger partial charge in [-0.3, -0.25) is 9.13 Å². The molecule has 0 spiro atoms. The van der Waals surface area contributed by atoms with Crippen molar-refractivity contribution in [1.29, 1.82) is 0 Å². The third-order valence-corrected chi connectivity index (χ3v) is 7.37. The van der Waals surface area contributed by atoms with E-state index in [4.69, 9.17) is 4.98 Å². The zero-order chi connectivity index (χ0) is 28.1. The number of fused-ring (bicyclic) bond motifs is 2. The summed E-state index contributed by atoms with van der Waals surface area (Å²) >= 11 is 0.